The fraction of sp³-hybridized carbons (Fsp3) is 1.00. The molecule has 0 aliphatic carbocycles. The summed E-state index contributed by atoms with van der Waals surface area (Å²) in [6.07, 6.45) is -8.78. The predicted octanol–water partition coefficient (Wildman–Crippen LogP) is 0.365. The van der Waals surface area contributed by atoms with Crippen molar-refractivity contribution in [3.8, 4) is 0 Å². The summed E-state index contributed by atoms with van der Waals surface area (Å²) in [5.74, 6) is 0. The Kier molecular flexibility index (Phi) is 13.6. The lowest BCUT2D eigenvalue weighted by atomic mass is 10.1. The third kappa shape index (κ3) is 8.59. The van der Waals surface area contributed by atoms with Crippen LogP contribution < -0.4 is 0 Å². The van der Waals surface area contributed by atoms with Crippen LogP contribution in [0.5, 0.6) is 0 Å². The minimum Gasteiger partial charge on any atom is -0.387 e. The van der Waals surface area contributed by atoms with Gasteiger partial charge in [0, 0.05) is 16.4 Å². The molecular weight excluding hydrogens is 536 g/mol. The quantitative estimate of drug-likeness (QED) is 0.0683. The van der Waals surface area contributed by atoms with E-state index in [1.54, 1.807) is 0 Å². The molecule has 3 aliphatic heterocycles. The molecule has 0 aromatic heterocycles. The van der Waals surface area contributed by atoms with Crippen molar-refractivity contribution in [1.29, 1.82) is 0 Å². The fourth-order valence-corrected chi connectivity index (χ4v) is 4.79. The van der Waals surface area contributed by atoms with E-state index in [1.165, 1.54) is 6.42 Å². The molecule has 12 atom stereocenters. The lowest BCUT2D eigenvalue weighted by Crippen LogP contribution is -2.44. The number of azide groups is 2. The molecule has 0 saturated carbocycles. The first-order valence-corrected chi connectivity index (χ1v) is 13.6. The molecule has 17 nitrogen and oxygen atoms in total. The van der Waals surface area contributed by atoms with Gasteiger partial charge in [0.1, 0.15) is 42.7 Å². The standard InChI is InChI=1S/C23H40N6O11/c1-2-3-4-5-6-7-8-35-22-19(34)20(40-23-18(33)16(31)13(38-23)10-27-29-25)14(39-22)11-36-21-17(32)15(30)12(37-21)9-26-28-24/h12-23,30-34H,2-11H2,1H3/t12-,13-,14-,15-,16-,17+,18+,19+,20-,21+,22+,23-/m1/s1. The van der Waals surface area contributed by atoms with Crippen LogP contribution in [0, 0.1) is 0 Å². The molecule has 0 aromatic carbocycles. The summed E-state index contributed by atoms with van der Waals surface area (Å²) < 4.78 is 34.0. The molecule has 0 spiro atoms. The summed E-state index contributed by atoms with van der Waals surface area (Å²) >= 11 is 0. The summed E-state index contributed by atoms with van der Waals surface area (Å²) in [6, 6.07) is 0. The van der Waals surface area contributed by atoms with E-state index < -0.39 is 73.8 Å². The lowest BCUT2D eigenvalue weighted by Gasteiger charge is -2.26. The first-order chi connectivity index (χ1) is 19.3. The van der Waals surface area contributed by atoms with Gasteiger partial charge in [-0.25, -0.2) is 0 Å². The van der Waals surface area contributed by atoms with E-state index in [-0.39, 0.29) is 19.7 Å². The van der Waals surface area contributed by atoms with Gasteiger partial charge in [0.25, 0.3) is 0 Å². The molecule has 40 heavy (non-hydrogen) atoms. The van der Waals surface area contributed by atoms with E-state index in [9.17, 15) is 25.5 Å². The Hall–Kier alpha value is -1.82. The average Bonchev–Trinajstić information content (AvgIpc) is 3.50. The minimum atomic E-state index is -1.51. The van der Waals surface area contributed by atoms with Crippen LogP contribution in [0.25, 0.3) is 20.9 Å². The van der Waals surface area contributed by atoms with Gasteiger partial charge in [-0.05, 0) is 17.5 Å². The third-order valence-electron chi connectivity index (χ3n) is 7.07. The molecule has 3 heterocycles. The van der Waals surface area contributed by atoms with Crippen LogP contribution in [0.4, 0.5) is 0 Å². The van der Waals surface area contributed by atoms with Crippen LogP contribution in [-0.4, -0.2) is 126 Å². The summed E-state index contributed by atoms with van der Waals surface area (Å²) in [5, 5.41) is 58.8. The summed E-state index contributed by atoms with van der Waals surface area (Å²) in [5.41, 5.74) is 17.0. The topological polar surface area (TPSA) is 254 Å². The Morgan fingerprint density at radius 2 is 1.18 bits per heavy atom. The molecule has 5 N–H and O–H groups in total. The monoisotopic (exact) mass is 576 g/mol. The normalized spacial score (nSPS) is 39.2. The van der Waals surface area contributed by atoms with Gasteiger partial charge < -0.3 is 54.0 Å². The van der Waals surface area contributed by atoms with Gasteiger partial charge in [-0.2, -0.15) is 0 Å². The lowest BCUT2D eigenvalue weighted by molar-refractivity contribution is -0.225. The van der Waals surface area contributed by atoms with Crippen molar-refractivity contribution in [2.75, 3.05) is 26.3 Å². The molecule has 0 aromatic rings. The highest BCUT2D eigenvalue weighted by atomic mass is 16.8. The second kappa shape index (κ2) is 16.6. The third-order valence-corrected chi connectivity index (χ3v) is 7.07. The molecule has 0 amide bonds. The molecule has 3 rings (SSSR count). The largest absolute Gasteiger partial charge is 0.387 e. The zero-order chi connectivity index (χ0) is 29.1. The Morgan fingerprint density at radius 3 is 1.80 bits per heavy atom. The van der Waals surface area contributed by atoms with Crippen molar-refractivity contribution in [2.24, 2.45) is 10.2 Å². The number of hydrogen-bond donors (Lipinski definition) is 5. The first kappa shape index (κ1) is 32.7. The van der Waals surface area contributed by atoms with Gasteiger partial charge in [-0.1, -0.05) is 49.3 Å². The van der Waals surface area contributed by atoms with E-state index in [1.807, 2.05) is 0 Å². The van der Waals surface area contributed by atoms with E-state index in [0.717, 1.165) is 32.1 Å². The first-order valence-electron chi connectivity index (χ1n) is 13.6. The predicted molar refractivity (Wildman–Crippen MR) is 134 cm³/mol. The smallest absolute Gasteiger partial charge is 0.187 e. The van der Waals surface area contributed by atoms with Crippen LogP contribution in [0.2, 0.25) is 0 Å². The van der Waals surface area contributed by atoms with Crippen molar-refractivity contribution in [2.45, 2.75) is 119 Å². The van der Waals surface area contributed by atoms with Crippen LogP contribution in [0.3, 0.4) is 0 Å². The van der Waals surface area contributed by atoms with Crippen LogP contribution >= 0.6 is 0 Å². The number of aliphatic hydroxyl groups is 5. The van der Waals surface area contributed by atoms with Gasteiger partial charge >= 0.3 is 0 Å². The van der Waals surface area contributed by atoms with E-state index in [4.69, 9.17) is 39.5 Å². The van der Waals surface area contributed by atoms with E-state index in [2.05, 4.69) is 27.0 Å². The number of rotatable bonds is 17. The second-order valence-electron chi connectivity index (χ2n) is 9.98. The second-order valence-corrected chi connectivity index (χ2v) is 9.98. The molecule has 3 aliphatic rings. The molecule has 0 radical (unpaired) electrons. The molecule has 17 heteroatoms. The zero-order valence-corrected chi connectivity index (χ0v) is 22.4. The van der Waals surface area contributed by atoms with Crippen molar-refractivity contribution < 1.29 is 54.0 Å². The molecule has 0 bridgehead atoms. The zero-order valence-electron chi connectivity index (χ0n) is 22.4. The molecule has 3 saturated heterocycles. The van der Waals surface area contributed by atoms with Crippen LogP contribution in [-0.2, 0) is 28.4 Å². The highest BCUT2D eigenvalue weighted by molar-refractivity contribution is 4.94. The van der Waals surface area contributed by atoms with E-state index >= 15 is 0 Å². The van der Waals surface area contributed by atoms with Crippen molar-refractivity contribution in [3.63, 3.8) is 0 Å². The maximum atomic E-state index is 11.0. The van der Waals surface area contributed by atoms with Gasteiger partial charge in [0.2, 0.25) is 0 Å². The Balaban J connectivity index is 1.61. The highest BCUT2D eigenvalue weighted by Gasteiger charge is 2.52. The van der Waals surface area contributed by atoms with Gasteiger partial charge in [0.15, 0.2) is 18.9 Å². The Morgan fingerprint density at radius 1 is 0.650 bits per heavy atom. The molecular formula is C23H40N6O11. The van der Waals surface area contributed by atoms with Crippen molar-refractivity contribution in [1.82, 2.24) is 0 Å². The number of hydrogen-bond acceptors (Lipinski definition) is 13. The molecule has 3 fully saturated rings. The summed E-state index contributed by atoms with van der Waals surface area (Å²) in [6.45, 7) is 1.70. The molecule has 0 unspecified atom stereocenters. The Labute approximate surface area is 231 Å². The van der Waals surface area contributed by atoms with Crippen LogP contribution in [0.15, 0.2) is 10.2 Å². The van der Waals surface area contributed by atoms with Gasteiger partial charge in [-0.3, -0.25) is 0 Å². The maximum absolute atomic E-state index is 11.0. The summed E-state index contributed by atoms with van der Waals surface area (Å²) in [7, 11) is 0. The highest BCUT2D eigenvalue weighted by Crippen LogP contribution is 2.32. The number of aliphatic hydroxyl groups excluding tert-OH is 5. The minimum absolute atomic E-state index is 0.219. The molecule has 228 valence electrons. The Bertz CT molecular complexity index is 863. The summed E-state index contributed by atoms with van der Waals surface area (Å²) in [4.78, 5) is 5.23. The van der Waals surface area contributed by atoms with Crippen LogP contribution in [0.1, 0.15) is 45.4 Å². The number of nitrogens with zero attached hydrogens (tertiary/aromatic N) is 6. The van der Waals surface area contributed by atoms with Crippen molar-refractivity contribution in [3.05, 3.63) is 20.9 Å². The number of ether oxygens (including phenoxy) is 6. The van der Waals surface area contributed by atoms with E-state index in [0.29, 0.717) is 6.61 Å². The van der Waals surface area contributed by atoms with Crippen molar-refractivity contribution >= 4 is 0 Å². The maximum Gasteiger partial charge on any atom is 0.187 e. The van der Waals surface area contributed by atoms with Gasteiger partial charge in [0.05, 0.1) is 31.9 Å². The SMILES string of the molecule is CCCCCCCCO[C@H]1O[C@H](CO[C@H]2O[C@H](CN=[N+]=[N-])[C@@H](O)[C@@H]2O)[C@@H](O[C@H]2O[C@H](CN=[N+]=[N-])[C@@H](O)[C@@H]2O)[C@@H]1O. The fourth-order valence-electron chi connectivity index (χ4n) is 4.79. The number of unbranched alkanes of at least 4 members (excludes halogenated alkanes) is 5. The average molecular weight is 577 g/mol. The van der Waals surface area contributed by atoms with Gasteiger partial charge in [-0.15, -0.1) is 0 Å².